The number of methoxy groups -OCH3 is 1. The fourth-order valence-electron chi connectivity index (χ4n) is 2.16. The second-order valence-electron chi connectivity index (χ2n) is 6.48. The topological polar surface area (TPSA) is 94.8 Å². The molecule has 0 radical (unpaired) electrons. The van der Waals surface area contributed by atoms with E-state index >= 15 is 0 Å². The number of nitrogens with zero attached hydrogens (tertiary/aromatic N) is 3. The number of hydrogen-bond donors (Lipinski definition) is 1. The summed E-state index contributed by atoms with van der Waals surface area (Å²) in [5, 5.41) is 6.77. The summed E-state index contributed by atoms with van der Waals surface area (Å²) in [6.45, 7) is 7.10. The third-order valence-electron chi connectivity index (χ3n) is 3.17. The van der Waals surface area contributed by atoms with Gasteiger partial charge < -0.3 is 9.47 Å². The Kier molecular flexibility index (Phi) is 5.06. The zero-order valence-electron chi connectivity index (χ0n) is 14.5. The lowest BCUT2D eigenvalue weighted by Crippen LogP contribution is -2.27. The van der Waals surface area contributed by atoms with Crippen molar-refractivity contribution in [2.45, 2.75) is 39.7 Å². The molecule has 0 aliphatic rings. The van der Waals surface area contributed by atoms with Crippen molar-refractivity contribution in [1.82, 2.24) is 14.6 Å². The van der Waals surface area contributed by atoms with Gasteiger partial charge in [-0.2, -0.15) is 4.98 Å². The Labute approximate surface area is 140 Å². The van der Waals surface area contributed by atoms with Gasteiger partial charge in [0.1, 0.15) is 5.60 Å². The van der Waals surface area contributed by atoms with Gasteiger partial charge in [0.25, 0.3) is 5.95 Å². The lowest BCUT2D eigenvalue weighted by molar-refractivity contribution is -0.144. The first kappa shape index (κ1) is 17.7. The van der Waals surface area contributed by atoms with Crippen molar-refractivity contribution >= 4 is 23.7 Å². The van der Waals surface area contributed by atoms with Gasteiger partial charge in [-0.3, -0.25) is 10.1 Å². The number of hydrogen-bond acceptors (Lipinski definition) is 6. The molecule has 0 unspecified atom stereocenters. The second-order valence-corrected chi connectivity index (χ2v) is 6.48. The van der Waals surface area contributed by atoms with Crippen LogP contribution in [-0.4, -0.2) is 39.4 Å². The van der Waals surface area contributed by atoms with E-state index in [0.717, 1.165) is 5.69 Å². The zero-order valence-corrected chi connectivity index (χ0v) is 14.5. The molecule has 1 atom stereocenters. The first-order valence-electron chi connectivity index (χ1n) is 7.62. The third-order valence-corrected chi connectivity index (χ3v) is 3.17. The van der Waals surface area contributed by atoms with E-state index in [2.05, 4.69) is 15.4 Å². The highest BCUT2D eigenvalue weighted by Crippen LogP contribution is 2.14. The van der Waals surface area contributed by atoms with Crippen molar-refractivity contribution < 1.29 is 19.1 Å². The number of carbonyl (C=O) groups is 2. The van der Waals surface area contributed by atoms with Crippen LogP contribution in [0.15, 0.2) is 18.2 Å². The highest BCUT2D eigenvalue weighted by molar-refractivity contribution is 5.82. The molecule has 0 aromatic carbocycles. The fraction of sp³-hybridized carbons (Fsp3) is 0.500. The van der Waals surface area contributed by atoms with Crippen LogP contribution in [0.1, 0.15) is 33.4 Å². The number of fused-ring (bicyclic) bond motifs is 1. The highest BCUT2D eigenvalue weighted by atomic mass is 16.6. The van der Waals surface area contributed by atoms with Crippen LogP contribution in [0.25, 0.3) is 5.65 Å². The number of rotatable bonds is 4. The predicted molar refractivity (Wildman–Crippen MR) is 87.7 cm³/mol. The first-order valence-corrected chi connectivity index (χ1v) is 7.62. The Hall–Kier alpha value is -2.64. The molecule has 130 valence electrons. The van der Waals surface area contributed by atoms with Crippen molar-refractivity contribution in [2.24, 2.45) is 5.92 Å². The molecule has 0 fully saturated rings. The molecule has 8 heteroatoms. The number of ether oxygens (including phenoxy) is 2. The van der Waals surface area contributed by atoms with E-state index in [-0.39, 0.29) is 17.8 Å². The summed E-state index contributed by atoms with van der Waals surface area (Å²) < 4.78 is 11.5. The molecule has 0 saturated heterocycles. The summed E-state index contributed by atoms with van der Waals surface area (Å²) in [6.07, 6.45) is -0.179. The molecule has 0 spiro atoms. The van der Waals surface area contributed by atoms with Crippen LogP contribution in [0.3, 0.4) is 0 Å². The number of pyridine rings is 1. The molecular weight excluding hydrogens is 312 g/mol. The van der Waals surface area contributed by atoms with Gasteiger partial charge in [0.2, 0.25) is 0 Å². The van der Waals surface area contributed by atoms with Crippen LogP contribution in [0, 0.1) is 5.92 Å². The van der Waals surface area contributed by atoms with Gasteiger partial charge in [0, 0.05) is 12.1 Å². The molecule has 0 aliphatic heterocycles. The third kappa shape index (κ3) is 4.43. The minimum Gasteiger partial charge on any atom is -0.469 e. The Balaban J connectivity index is 2.20. The van der Waals surface area contributed by atoms with Gasteiger partial charge in [-0.1, -0.05) is 13.0 Å². The van der Waals surface area contributed by atoms with E-state index in [0.29, 0.717) is 12.1 Å². The van der Waals surface area contributed by atoms with E-state index in [1.54, 1.807) is 38.3 Å². The molecule has 0 saturated carbocycles. The number of esters is 1. The van der Waals surface area contributed by atoms with Gasteiger partial charge in [-0.25, -0.2) is 9.31 Å². The largest absolute Gasteiger partial charge is 0.469 e. The molecule has 0 aliphatic carbocycles. The zero-order chi connectivity index (χ0) is 17.9. The Bertz CT molecular complexity index is 748. The summed E-state index contributed by atoms with van der Waals surface area (Å²) in [5.41, 5.74) is 0.746. The van der Waals surface area contributed by atoms with E-state index in [9.17, 15) is 9.59 Å². The molecule has 24 heavy (non-hydrogen) atoms. The summed E-state index contributed by atoms with van der Waals surface area (Å²) >= 11 is 0. The SMILES string of the molecule is COC(=O)[C@@H](C)Cc1cccc2nc(NC(=O)OC(C)(C)C)nn12. The Morgan fingerprint density at radius 3 is 2.67 bits per heavy atom. The molecule has 0 bridgehead atoms. The van der Waals surface area contributed by atoms with Crippen LogP contribution < -0.4 is 5.32 Å². The number of anilines is 1. The van der Waals surface area contributed by atoms with Gasteiger partial charge in [-0.05, 0) is 32.9 Å². The quantitative estimate of drug-likeness (QED) is 0.863. The maximum Gasteiger partial charge on any atom is 0.414 e. The van der Waals surface area contributed by atoms with Crippen molar-refractivity contribution in [2.75, 3.05) is 12.4 Å². The molecule has 8 nitrogen and oxygen atoms in total. The number of carbonyl (C=O) groups excluding carboxylic acids is 2. The van der Waals surface area contributed by atoms with Gasteiger partial charge in [-0.15, -0.1) is 5.10 Å². The Morgan fingerprint density at radius 2 is 2.04 bits per heavy atom. The maximum absolute atomic E-state index is 11.8. The van der Waals surface area contributed by atoms with Gasteiger partial charge >= 0.3 is 12.1 Å². The number of aromatic nitrogens is 3. The van der Waals surface area contributed by atoms with E-state index in [1.165, 1.54) is 7.11 Å². The summed E-state index contributed by atoms with van der Waals surface area (Å²) in [5.74, 6) is -0.464. The molecule has 2 heterocycles. The molecule has 1 amide bonds. The van der Waals surface area contributed by atoms with Crippen LogP contribution in [0.5, 0.6) is 0 Å². The molecular formula is C16H22N4O4. The van der Waals surface area contributed by atoms with Crippen LogP contribution >= 0.6 is 0 Å². The van der Waals surface area contributed by atoms with Crippen LogP contribution in [0.4, 0.5) is 10.7 Å². The van der Waals surface area contributed by atoms with Crippen molar-refractivity contribution in [3.05, 3.63) is 23.9 Å². The molecule has 2 aromatic heterocycles. The maximum atomic E-state index is 11.8. The van der Waals surface area contributed by atoms with Crippen molar-refractivity contribution in [3.63, 3.8) is 0 Å². The fourth-order valence-corrected chi connectivity index (χ4v) is 2.16. The highest BCUT2D eigenvalue weighted by Gasteiger charge is 2.19. The molecule has 1 N–H and O–H groups in total. The van der Waals surface area contributed by atoms with Crippen molar-refractivity contribution in [3.8, 4) is 0 Å². The summed E-state index contributed by atoms with van der Waals surface area (Å²) in [4.78, 5) is 27.6. The number of amides is 1. The lowest BCUT2D eigenvalue weighted by Gasteiger charge is -2.18. The number of nitrogens with one attached hydrogen (secondary N) is 1. The average Bonchev–Trinajstić information content (AvgIpc) is 2.87. The normalized spacial score (nSPS) is 12.7. The summed E-state index contributed by atoms with van der Waals surface area (Å²) in [6, 6.07) is 5.43. The van der Waals surface area contributed by atoms with Crippen molar-refractivity contribution in [1.29, 1.82) is 0 Å². The van der Waals surface area contributed by atoms with E-state index < -0.39 is 11.7 Å². The lowest BCUT2D eigenvalue weighted by atomic mass is 10.1. The average molecular weight is 334 g/mol. The first-order chi connectivity index (χ1) is 11.2. The van der Waals surface area contributed by atoms with E-state index in [1.807, 2.05) is 12.1 Å². The molecule has 2 rings (SSSR count). The van der Waals surface area contributed by atoms with E-state index in [4.69, 9.17) is 9.47 Å². The van der Waals surface area contributed by atoms with Crippen LogP contribution in [-0.2, 0) is 20.7 Å². The summed E-state index contributed by atoms with van der Waals surface area (Å²) in [7, 11) is 1.36. The predicted octanol–water partition coefficient (Wildman–Crippen LogP) is 2.43. The smallest absolute Gasteiger partial charge is 0.414 e. The van der Waals surface area contributed by atoms with Gasteiger partial charge in [0.05, 0.1) is 13.0 Å². The van der Waals surface area contributed by atoms with Crippen LogP contribution in [0.2, 0.25) is 0 Å². The minimum atomic E-state index is -0.622. The van der Waals surface area contributed by atoms with Gasteiger partial charge in [0.15, 0.2) is 5.65 Å². The molecule has 2 aromatic rings. The second kappa shape index (κ2) is 6.86. The Morgan fingerprint density at radius 1 is 1.33 bits per heavy atom. The monoisotopic (exact) mass is 334 g/mol. The standard InChI is InChI=1S/C16H22N4O4/c1-10(13(21)23-5)9-11-7-6-8-12-17-14(19-20(11)12)18-15(22)24-16(2,3)4/h6-8,10H,9H2,1-5H3,(H,18,19,22)/t10-/m0/s1. The minimum absolute atomic E-state index is 0.141.